The van der Waals surface area contributed by atoms with Crippen LogP contribution in [0.2, 0.25) is 0 Å². The molecule has 0 spiro atoms. The number of nitrogens with zero attached hydrogens (tertiary/aromatic N) is 3. The van der Waals surface area contributed by atoms with Gasteiger partial charge < -0.3 is 9.88 Å². The first kappa shape index (κ1) is 16.3. The number of nitrogens with one attached hydrogen (secondary N) is 1. The molecule has 2 aromatic heterocycles. The molecule has 3 heterocycles. The number of rotatable bonds is 2. The minimum Gasteiger partial charge on any atom is -0.361 e. The highest BCUT2D eigenvalue weighted by molar-refractivity contribution is 6.01. The zero-order chi connectivity index (χ0) is 18.5. The monoisotopic (exact) mass is 358 g/mol. The van der Waals surface area contributed by atoms with Crippen molar-refractivity contribution < 1.29 is 4.79 Å². The second-order valence-electron chi connectivity index (χ2n) is 7.53. The van der Waals surface area contributed by atoms with Gasteiger partial charge in [-0.05, 0) is 48.4 Å². The summed E-state index contributed by atoms with van der Waals surface area (Å²) in [5.74, 6) is -0.0406. The van der Waals surface area contributed by atoms with Crippen LogP contribution in [0.1, 0.15) is 11.1 Å². The molecule has 0 saturated heterocycles. The number of fused-ring (bicyclic) bond motifs is 2. The van der Waals surface area contributed by atoms with Crippen LogP contribution in [-0.2, 0) is 11.2 Å². The molecule has 1 aromatic carbocycles. The van der Waals surface area contributed by atoms with E-state index in [9.17, 15) is 4.79 Å². The molecule has 0 radical (unpaired) electrons. The standard InChI is InChI=1S/C22H22N4O/c1-25-13-15(22(27)26(2)16-6-8-23-9-7-16)10-18-17-4-3-5-19-21(17)14(12-24-19)11-20(18)25/h3-10,12,15,20,24H,11,13H2,1-2H3. The maximum absolute atomic E-state index is 13.2. The summed E-state index contributed by atoms with van der Waals surface area (Å²) in [6.07, 6.45) is 8.76. The van der Waals surface area contributed by atoms with Crippen LogP contribution in [0.3, 0.4) is 0 Å². The van der Waals surface area contributed by atoms with Crippen LogP contribution in [0.25, 0.3) is 16.5 Å². The molecule has 27 heavy (non-hydrogen) atoms. The highest BCUT2D eigenvalue weighted by Gasteiger charge is 2.36. The van der Waals surface area contributed by atoms with Crippen molar-refractivity contribution in [3.63, 3.8) is 0 Å². The van der Waals surface area contributed by atoms with Gasteiger partial charge in [-0.3, -0.25) is 14.7 Å². The van der Waals surface area contributed by atoms with Crippen molar-refractivity contribution in [3.8, 4) is 0 Å². The van der Waals surface area contributed by atoms with Gasteiger partial charge in [-0.15, -0.1) is 0 Å². The molecule has 1 N–H and O–H groups in total. The van der Waals surface area contributed by atoms with Gasteiger partial charge in [0.1, 0.15) is 0 Å². The second kappa shape index (κ2) is 6.06. The molecule has 1 amide bonds. The lowest BCUT2D eigenvalue weighted by atomic mass is 9.79. The van der Waals surface area contributed by atoms with Gasteiger partial charge in [0.2, 0.25) is 5.91 Å². The number of hydrogen-bond acceptors (Lipinski definition) is 3. The molecule has 3 aromatic rings. The number of anilines is 1. The Labute approximate surface area is 158 Å². The molecule has 0 saturated carbocycles. The molecule has 5 nitrogen and oxygen atoms in total. The maximum atomic E-state index is 13.2. The van der Waals surface area contributed by atoms with E-state index >= 15 is 0 Å². The summed E-state index contributed by atoms with van der Waals surface area (Å²) in [4.78, 5) is 24.7. The van der Waals surface area contributed by atoms with Crippen LogP contribution in [0, 0.1) is 5.92 Å². The predicted molar refractivity (Wildman–Crippen MR) is 108 cm³/mol. The van der Waals surface area contributed by atoms with Crippen molar-refractivity contribution in [2.75, 3.05) is 25.5 Å². The van der Waals surface area contributed by atoms with Gasteiger partial charge in [-0.25, -0.2) is 0 Å². The van der Waals surface area contributed by atoms with Crippen molar-refractivity contribution in [2.24, 2.45) is 5.92 Å². The quantitative estimate of drug-likeness (QED) is 0.766. The van der Waals surface area contributed by atoms with Crippen LogP contribution in [0.5, 0.6) is 0 Å². The van der Waals surface area contributed by atoms with Crippen LogP contribution in [0.15, 0.2) is 55.0 Å². The Bertz CT molecular complexity index is 1050. The summed E-state index contributed by atoms with van der Waals surface area (Å²) < 4.78 is 0. The molecule has 136 valence electrons. The summed E-state index contributed by atoms with van der Waals surface area (Å²) in [6.45, 7) is 0.734. The zero-order valence-corrected chi connectivity index (χ0v) is 15.5. The predicted octanol–water partition coefficient (Wildman–Crippen LogP) is 3.10. The van der Waals surface area contributed by atoms with E-state index in [2.05, 4.69) is 52.4 Å². The average molecular weight is 358 g/mol. The smallest absolute Gasteiger partial charge is 0.234 e. The number of pyridine rings is 1. The molecule has 0 fully saturated rings. The lowest BCUT2D eigenvalue weighted by Gasteiger charge is -2.40. The molecule has 0 bridgehead atoms. The van der Waals surface area contributed by atoms with E-state index in [1.165, 1.54) is 27.6 Å². The Morgan fingerprint density at radius 2 is 2.07 bits per heavy atom. The number of carbonyl (C=O) groups is 1. The first-order valence-corrected chi connectivity index (χ1v) is 9.32. The van der Waals surface area contributed by atoms with Gasteiger partial charge in [0.05, 0.1) is 5.92 Å². The molecular formula is C22H22N4O. The molecule has 1 aliphatic carbocycles. The fraction of sp³-hybridized carbons (Fsp3) is 0.273. The number of likely N-dealkylation sites (N-methyl/N-ethyl adjacent to an activating group) is 1. The highest BCUT2D eigenvalue weighted by atomic mass is 16.2. The van der Waals surface area contributed by atoms with Crippen LogP contribution >= 0.6 is 0 Å². The number of H-pyrrole nitrogens is 1. The summed E-state index contributed by atoms with van der Waals surface area (Å²) in [5.41, 5.74) is 5.95. The SMILES string of the molecule is CN(C(=O)C1C=C2c3cccc4[nH]cc(c34)CC2N(C)C1)c1ccncc1. The first-order chi connectivity index (χ1) is 13.1. The number of aromatic amines is 1. The van der Waals surface area contributed by atoms with E-state index in [0.29, 0.717) is 6.04 Å². The summed E-state index contributed by atoms with van der Waals surface area (Å²) in [6, 6.07) is 10.5. The molecule has 2 unspecified atom stereocenters. The Hall–Kier alpha value is -2.92. The van der Waals surface area contributed by atoms with Crippen LogP contribution in [-0.4, -0.2) is 47.5 Å². The van der Waals surface area contributed by atoms with Crippen molar-refractivity contribution in [1.82, 2.24) is 14.9 Å². The van der Waals surface area contributed by atoms with Crippen molar-refractivity contribution in [1.29, 1.82) is 0 Å². The van der Waals surface area contributed by atoms with E-state index in [0.717, 1.165) is 18.7 Å². The minimum atomic E-state index is -0.157. The minimum absolute atomic E-state index is 0.117. The van der Waals surface area contributed by atoms with Gasteiger partial charge >= 0.3 is 0 Å². The van der Waals surface area contributed by atoms with Crippen molar-refractivity contribution >= 4 is 28.1 Å². The summed E-state index contributed by atoms with van der Waals surface area (Å²) in [5, 5.41) is 1.31. The molecule has 5 rings (SSSR count). The average Bonchev–Trinajstić information content (AvgIpc) is 3.12. The van der Waals surface area contributed by atoms with E-state index in [-0.39, 0.29) is 11.8 Å². The lowest BCUT2D eigenvalue weighted by Crippen LogP contribution is -2.47. The van der Waals surface area contributed by atoms with E-state index in [4.69, 9.17) is 0 Å². The third kappa shape index (κ3) is 2.50. The van der Waals surface area contributed by atoms with E-state index in [1.54, 1.807) is 17.3 Å². The van der Waals surface area contributed by atoms with Gasteiger partial charge in [0.15, 0.2) is 0 Å². The van der Waals surface area contributed by atoms with Crippen LogP contribution in [0.4, 0.5) is 5.69 Å². The first-order valence-electron chi connectivity index (χ1n) is 9.32. The Kier molecular flexibility index (Phi) is 3.65. The molecular weight excluding hydrogens is 336 g/mol. The fourth-order valence-corrected chi connectivity index (χ4v) is 4.55. The summed E-state index contributed by atoms with van der Waals surface area (Å²) >= 11 is 0. The van der Waals surface area contributed by atoms with Gasteiger partial charge in [0, 0.05) is 54.8 Å². The van der Waals surface area contributed by atoms with Gasteiger partial charge in [-0.1, -0.05) is 18.2 Å². The molecule has 5 heteroatoms. The Balaban J connectivity index is 1.56. The highest BCUT2D eigenvalue weighted by Crippen LogP contribution is 2.41. The summed E-state index contributed by atoms with van der Waals surface area (Å²) in [7, 11) is 3.97. The molecule has 2 aliphatic rings. The van der Waals surface area contributed by atoms with Crippen molar-refractivity contribution in [3.05, 3.63) is 66.1 Å². The Morgan fingerprint density at radius 3 is 2.89 bits per heavy atom. The lowest BCUT2D eigenvalue weighted by molar-refractivity contribution is -0.121. The van der Waals surface area contributed by atoms with E-state index in [1.807, 2.05) is 19.2 Å². The van der Waals surface area contributed by atoms with Crippen molar-refractivity contribution in [2.45, 2.75) is 12.5 Å². The maximum Gasteiger partial charge on any atom is 0.234 e. The third-order valence-electron chi connectivity index (χ3n) is 5.97. The number of amides is 1. The normalized spacial score (nSPS) is 21.6. The number of hydrogen-bond donors (Lipinski definition) is 1. The fourth-order valence-electron chi connectivity index (χ4n) is 4.55. The molecule has 2 atom stereocenters. The van der Waals surface area contributed by atoms with E-state index < -0.39 is 0 Å². The van der Waals surface area contributed by atoms with Crippen LogP contribution < -0.4 is 4.90 Å². The second-order valence-corrected chi connectivity index (χ2v) is 7.53. The number of aromatic nitrogens is 2. The number of carbonyl (C=O) groups excluding carboxylic acids is 1. The Morgan fingerprint density at radius 1 is 1.26 bits per heavy atom. The molecule has 1 aliphatic heterocycles. The van der Waals surface area contributed by atoms with Gasteiger partial charge in [0.25, 0.3) is 0 Å². The largest absolute Gasteiger partial charge is 0.361 e. The zero-order valence-electron chi connectivity index (χ0n) is 15.5. The number of benzene rings is 1. The topological polar surface area (TPSA) is 52.2 Å². The third-order valence-corrected chi connectivity index (χ3v) is 5.97. The van der Waals surface area contributed by atoms with Gasteiger partial charge in [-0.2, -0.15) is 0 Å².